The molecule has 148 valence electrons. The number of fused-ring (bicyclic) bond motifs is 1. The first-order chi connectivity index (χ1) is 13.9. The van der Waals surface area contributed by atoms with Gasteiger partial charge in [-0.3, -0.25) is 23.5 Å². The third kappa shape index (κ3) is 4.16. The predicted octanol–water partition coefficient (Wildman–Crippen LogP) is 0.764. The molecule has 3 rings (SSSR count). The highest BCUT2D eigenvalue weighted by Crippen LogP contribution is 2.12. The number of hydrogen-bond acceptors (Lipinski definition) is 4. The summed E-state index contributed by atoms with van der Waals surface area (Å²) in [5.74, 6) is -1.11. The quantitative estimate of drug-likeness (QED) is 0.578. The molecular formula is C21H20N4O4. The Labute approximate surface area is 165 Å². The Bertz CT molecular complexity index is 1210. The van der Waals surface area contributed by atoms with Crippen molar-refractivity contribution < 1.29 is 9.59 Å². The van der Waals surface area contributed by atoms with Crippen molar-refractivity contribution in [2.75, 3.05) is 0 Å². The Morgan fingerprint density at radius 3 is 2.45 bits per heavy atom. The number of nitrogens with two attached hydrogens (primary N) is 1. The molecule has 2 aromatic carbocycles. The second-order valence-corrected chi connectivity index (χ2v) is 6.44. The number of rotatable bonds is 7. The van der Waals surface area contributed by atoms with E-state index in [1.54, 1.807) is 0 Å². The summed E-state index contributed by atoms with van der Waals surface area (Å²) < 4.78 is 2.06. The van der Waals surface area contributed by atoms with E-state index in [4.69, 9.17) is 5.73 Å². The summed E-state index contributed by atoms with van der Waals surface area (Å²) in [4.78, 5) is 49.4. The number of benzene rings is 2. The first-order valence-electron chi connectivity index (χ1n) is 8.91. The Kier molecular flexibility index (Phi) is 5.73. The van der Waals surface area contributed by atoms with Gasteiger partial charge in [-0.25, -0.2) is 4.79 Å². The Morgan fingerprint density at radius 1 is 1.07 bits per heavy atom. The molecule has 0 aliphatic rings. The van der Waals surface area contributed by atoms with E-state index in [2.05, 4.69) is 11.9 Å². The molecule has 0 fully saturated rings. The number of nitrogens with one attached hydrogen (secondary N) is 1. The van der Waals surface area contributed by atoms with Gasteiger partial charge in [-0.2, -0.15) is 0 Å². The summed E-state index contributed by atoms with van der Waals surface area (Å²) in [7, 11) is 0. The van der Waals surface area contributed by atoms with E-state index in [9.17, 15) is 19.2 Å². The molecule has 3 N–H and O–H groups in total. The van der Waals surface area contributed by atoms with Crippen molar-refractivity contribution in [1.82, 2.24) is 14.5 Å². The Hall–Kier alpha value is -3.94. The monoisotopic (exact) mass is 392 g/mol. The molecule has 0 saturated carbocycles. The van der Waals surface area contributed by atoms with Gasteiger partial charge < -0.3 is 11.1 Å². The summed E-state index contributed by atoms with van der Waals surface area (Å²) in [5.41, 5.74) is 5.41. The van der Waals surface area contributed by atoms with Gasteiger partial charge >= 0.3 is 5.69 Å². The minimum atomic E-state index is -0.740. The lowest BCUT2D eigenvalue weighted by molar-refractivity contribution is -0.118. The smallest absolute Gasteiger partial charge is 0.332 e. The fraction of sp³-hybridized carbons (Fsp3) is 0.143. The van der Waals surface area contributed by atoms with Crippen LogP contribution in [0.4, 0.5) is 0 Å². The number of carbonyl (C=O) groups excluding carboxylic acids is 2. The number of carbonyl (C=O) groups is 2. The van der Waals surface area contributed by atoms with E-state index >= 15 is 0 Å². The summed E-state index contributed by atoms with van der Waals surface area (Å²) in [5, 5.41) is 2.99. The third-order valence-corrected chi connectivity index (χ3v) is 4.41. The molecule has 0 spiro atoms. The highest BCUT2D eigenvalue weighted by Gasteiger charge is 2.16. The van der Waals surface area contributed by atoms with Crippen molar-refractivity contribution in [3.05, 3.63) is 93.2 Å². The van der Waals surface area contributed by atoms with Crippen molar-refractivity contribution in [3.63, 3.8) is 0 Å². The van der Waals surface area contributed by atoms with Gasteiger partial charge in [0.2, 0.25) is 5.91 Å². The van der Waals surface area contributed by atoms with Crippen molar-refractivity contribution in [3.8, 4) is 0 Å². The normalized spacial score (nSPS) is 10.6. The second kappa shape index (κ2) is 8.39. The molecule has 0 aliphatic carbocycles. The van der Waals surface area contributed by atoms with Crippen LogP contribution in [0.15, 0.2) is 70.8 Å². The SMILES string of the molecule is C=CCn1c(=O)c2ccc(C(=O)NCc3ccccc3)cc2n(CC(N)=O)c1=O. The molecule has 8 nitrogen and oxygen atoms in total. The van der Waals surface area contributed by atoms with E-state index in [1.165, 1.54) is 24.3 Å². The molecule has 29 heavy (non-hydrogen) atoms. The van der Waals surface area contributed by atoms with Crippen LogP contribution < -0.4 is 22.3 Å². The van der Waals surface area contributed by atoms with Crippen LogP contribution in [0, 0.1) is 0 Å². The number of amides is 2. The van der Waals surface area contributed by atoms with Gasteiger partial charge in [-0.05, 0) is 23.8 Å². The summed E-state index contributed by atoms with van der Waals surface area (Å²) in [6.07, 6.45) is 1.41. The molecule has 0 saturated heterocycles. The lowest BCUT2D eigenvalue weighted by Crippen LogP contribution is -2.41. The van der Waals surface area contributed by atoms with Crippen LogP contribution in [0.3, 0.4) is 0 Å². The number of primary amides is 1. The first-order valence-corrected chi connectivity index (χ1v) is 8.91. The number of hydrogen-bond donors (Lipinski definition) is 2. The van der Waals surface area contributed by atoms with E-state index < -0.39 is 23.7 Å². The molecule has 0 radical (unpaired) electrons. The molecule has 1 heterocycles. The van der Waals surface area contributed by atoms with Gasteiger partial charge in [0.25, 0.3) is 11.5 Å². The highest BCUT2D eigenvalue weighted by atomic mass is 16.2. The zero-order valence-electron chi connectivity index (χ0n) is 15.6. The van der Waals surface area contributed by atoms with Crippen LogP contribution >= 0.6 is 0 Å². The fourth-order valence-corrected chi connectivity index (χ4v) is 3.04. The third-order valence-electron chi connectivity index (χ3n) is 4.41. The highest BCUT2D eigenvalue weighted by molar-refractivity contribution is 5.97. The van der Waals surface area contributed by atoms with Gasteiger partial charge in [-0.1, -0.05) is 36.4 Å². The van der Waals surface area contributed by atoms with Crippen molar-refractivity contribution in [2.24, 2.45) is 5.73 Å². The van der Waals surface area contributed by atoms with Crippen LogP contribution in [0.25, 0.3) is 10.9 Å². The summed E-state index contributed by atoms with van der Waals surface area (Å²) >= 11 is 0. The van der Waals surface area contributed by atoms with E-state index in [-0.39, 0.29) is 28.9 Å². The van der Waals surface area contributed by atoms with Crippen molar-refractivity contribution in [1.29, 1.82) is 0 Å². The van der Waals surface area contributed by atoms with Crippen LogP contribution in [0.5, 0.6) is 0 Å². The van der Waals surface area contributed by atoms with Crippen LogP contribution in [-0.4, -0.2) is 20.9 Å². The Balaban J connectivity index is 2.05. The van der Waals surface area contributed by atoms with Gasteiger partial charge in [-0.15, -0.1) is 6.58 Å². The number of aromatic nitrogens is 2. The molecule has 0 unspecified atom stereocenters. The van der Waals surface area contributed by atoms with Gasteiger partial charge in [0, 0.05) is 18.7 Å². The maximum atomic E-state index is 12.7. The zero-order chi connectivity index (χ0) is 21.0. The first kappa shape index (κ1) is 19.8. The molecule has 8 heteroatoms. The van der Waals surface area contributed by atoms with Crippen LogP contribution in [0.2, 0.25) is 0 Å². The Morgan fingerprint density at radius 2 is 1.79 bits per heavy atom. The lowest BCUT2D eigenvalue weighted by atomic mass is 10.1. The van der Waals surface area contributed by atoms with E-state index in [1.807, 2.05) is 30.3 Å². The topological polar surface area (TPSA) is 116 Å². The summed E-state index contributed by atoms with van der Waals surface area (Å²) in [6.45, 7) is 3.44. The molecule has 0 aliphatic heterocycles. The lowest BCUT2D eigenvalue weighted by Gasteiger charge is -2.13. The largest absolute Gasteiger partial charge is 0.368 e. The fourth-order valence-electron chi connectivity index (χ4n) is 3.04. The van der Waals surface area contributed by atoms with Gasteiger partial charge in [0.05, 0.1) is 10.9 Å². The van der Waals surface area contributed by atoms with Gasteiger partial charge in [0.15, 0.2) is 0 Å². The molecule has 0 atom stereocenters. The minimum Gasteiger partial charge on any atom is -0.368 e. The van der Waals surface area contributed by atoms with Crippen molar-refractivity contribution >= 4 is 22.7 Å². The number of allylic oxidation sites excluding steroid dienone is 1. The van der Waals surface area contributed by atoms with Crippen molar-refractivity contribution in [2.45, 2.75) is 19.6 Å². The second-order valence-electron chi connectivity index (χ2n) is 6.44. The molecule has 0 bridgehead atoms. The molecular weight excluding hydrogens is 372 g/mol. The predicted molar refractivity (Wildman–Crippen MR) is 109 cm³/mol. The average molecular weight is 392 g/mol. The molecule has 3 aromatic rings. The van der Waals surface area contributed by atoms with Crippen LogP contribution in [-0.2, 0) is 24.4 Å². The maximum Gasteiger partial charge on any atom is 0.332 e. The standard InChI is InChI=1S/C21H20N4O4/c1-2-10-24-20(28)16-9-8-15(11-17(16)25(21(24)29)13-18(22)26)19(27)23-12-14-6-4-3-5-7-14/h2-9,11H,1,10,12-13H2,(H2,22,26)(H,23,27). The van der Waals surface area contributed by atoms with E-state index in [0.29, 0.717) is 6.54 Å². The van der Waals surface area contributed by atoms with Crippen LogP contribution in [0.1, 0.15) is 15.9 Å². The summed E-state index contributed by atoms with van der Waals surface area (Å²) in [6, 6.07) is 13.8. The average Bonchev–Trinajstić information content (AvgIpc) is 2.72. The van der Waals surface area contributed by atoms with E-state index in [0.717, 1.165) is 14.7 Å². The maximum absolute atomic E-state index is 12.7. The minimum absolute atomic E-state index is 0.00825. The molecule has 2 amide bonds. The zero-order valence-corrected chi connectivity index (χ0v) is 15.6. The van der Waals surface area contributed by atoms with Gasteiger partial charge in [0.1, 0.15) is 6.54 Å². The number of nitrogens with zero attached hydrogens (tertiary/aromatic N) is 2. The molecule has 1 aromatic heterocycles.